The number of ether oxygens (including phenoxy) is 4. The summed E-state index contributed by atoms with van der Waals surface area (Å²) in [6, 6.07) is 68.1. The van der Waals surface area contributed by atoms with Crippen LogP contribution in [0.5, 0.6) is 0 Å². The van der Waals surface area contributed by atoms with E-state index < -0.39 is 0 Å². The minimum atomic E-state index is -0.0562. The Balaban J connectivity index is 0.767. The maximum Gasteiger partial charge on any atom is 0.0780 e. The summed E-state index contributed by atoms with van der Waals surface area (Å²) in [5, 5.41) is 7.50. The van der Waals surface area contributed by atoms with Crippen LogP contribution >= 0.6 is 0 Å². The van der Waals surface area contributed by atoms with E-state index in [2.05, 4.69) is 279 Å². The molecule has 87 heavy (non-hydrogen) atoms. The first-order valence-electron chi connectivity index (χ1n) is 32.5. The Morgan fingerprint density at radius 1 is 0.494 bits per heavy atom. The van der Waals surface area contributed by atoms with Crippen LogP contribution in [0.2, 0.25) is 0 Å². The van der Waals surface area contributed by atoms with Crippen LogP contribution in [0.4, 0.5) is 0 Å². The molecule has 0 aliphatic carbocycles. The van der Waals surface area contributed by atoms with E-state index in [1.165, 1.54) is 87.7 Å². The van der Waals surface area contributed by atoms with E-state index in [-0.39, 0.29) is 33.9 Å². The van der Waals surface area contributed by atoms with Gasteiger partial charge in [0, 0.05) is 66.7 Å². The summed E-state index contributed by atoms with van der Waals surface area (Å²) in [5.41, 5.74) is 15.2. The second kappa shape index (κ2) is 24.5. The maximum absolute atomic E-state index is 6.87. The zero-order valence-electron chi connectivity index (χ0n) is 54.0. The van der Waals surface area contributed by atoms with Gasteiger partial charge in [0.15, 0.2) is 0 Å². The molecule has 1 aliphatic rings. The third-order valence-corrected chi connectivity index (χ3v) is 21.0. The quantitative estimate of drug-likeness (QED) is 0.0572. The van der Waals surface area contributed by atoms with Crippen molar-refractivity contribution in [2.45, 2.75) is 153 Å². The number of hydrogen-bond donors (Lipinski definition) is 0. The minimum Gasteiger partial charge on any atom is -0.380 e. The number of nitrogens with zero attached hydrogens (tertiary/aromatic N) is 3. The molecule has 11 aromatic rings. The van der Waals surface area contributed by atoms with Crippen molar-refractivity contribution in [3.05, 3.63) is 204 Å². The Morgan fingerprint density at radius 2 is 0.966 bits per heavy atom. The number of hydrogen-bond acceptors (Lipinski definition) is 4. The molecule has 0 radical (unpaired) electrons. The Bertz CT molecular complexity index is 3900. The SMILES string of the molecule is CCC(C)(C)CC(c1ccc(COCC(C)OCC2(CC)COC2)cc1)C(C)(C)C(C)(C)CC(c1ccc(COC(C)Cn2c3ccc(-n4c5ccccc5c5ccccc54)cc3c3cc(-n4c5ccccc5c5ccccc54)ccc32)cc1)C(C)C. The summed E-state index contributed by atoms with van der Waals surface area (Å²) in [6.45, 7) is 33.6. The zero-order valence-corrected chi connectivity index (χ0v) is 54.0. The van der Waals surface area contributed by atoms with Gasteiger partial charge in [0.25, 0.3) is 0 Å². The van der Waals surface area contributed by atoms with Crippen LogP contribution in [0.3, 0.4) is 0 Å². The Morgan fingerprint density at radius 3 is 1.41 bits per heavy atom. The summed E-state index contributed by atoms with van der Waals surface area (Å²) in [4.78, 5) is 0. The fourth-order valence-electron chi connectivity index (χ4n) is 14.2. The molecule has 4 heterocycles. The first-order chi connectivity index (χ1) is 41.9. The average molecular weight is 1160 g/mol. The summed E-state index contributed by atoms with van der Waals surface area (Å²) >= 11 is 0. The van der Waals surface area contributed by atoms with E-state index >= 15 is 0 Å². The van der Waals surface area contributed by atoms with Crippen LogP contribution in [0, 0.1) is 27.6 Å². The summed E-state index contributed by atoms with van der Waals surface area (Å²) < 4.78 is 32.2. The normalized spacial score (nSPS) is 15.6. The average Bonchev–Trinajstić information content (AvgIpc) is 1.84. The number of benzene rings is 8. The molecule has 7 heteroatoms. The third-order valence-electron chi connectivity index (χ3n) is 21.0. The molecule has 0 saturated carbocycles. The molecule has 1 aliphatic heterocycles. The van der Waals surface area contributed by atoms with Gasteiger partial charge in [0.1, 0.15) is 0 Å². The van der Waals surface area contributed by atoms with Crippen molar-refractivity contribution in [1.29, 1.82) is 0 Å². The summed E-state index contributed by atoms with van der Waals surface area (Å²) in [5.74, 6) is 1.24. The molecule has 0 spiro atoms. The van der Waals surface area contributed by atoms with Crippen LogP contribution in [0.15, 0.2) is 182 Å². The van der Waals surface area contributed by atoms with Gasteiger partial charge in [-0.25, -0.2) is 0 Å². The van der Waals surface area contributed by atoms with Crippen molar-refractivity contribution >= 4 is 65.4 Å². The molecule has 0 N–H and O–H groups in total. The Hall–Kier alpha value is -7.00. The van der Waals surface area contributed by atoms with Gasteiger partial charge in [0.2, 0.25) is 0 Å². The van der Waals surface area contributed by atoms with Gasteiger partial charge in [-0.1, -0.05) is 197 Å². The lowest BCUT2D eigenvalue weighted by molar-refractivity contribution is -0.164. The van der Waals surface area contributed by atoms with Gasteiger partial charge in [-0.05, 0) is 150 Å². The molecule has 8 aromatic carbocycles. The summed E-state index contributed by atoms with van der Waals surface area (Å²) in [6.07, 6.45) is 4.42. The predicted octanol–water partition coefficient (Wildman–Crippen LogP) is 20.7. The zero-order chi connectivity index (χ0) is 60.8. The lowest BCUT2D eigenvalue weighted by Crippen LogP contribution is -2.46. The monoisotopic (exact) mass is 1160 g/mol. The molecule has 0 bridgehead atoms. The van der Waals surface area contributed by atoms with E-state index in [1.54, 1.807) is 0 Å². The fourth-order valence-corrected chi connectivity index (χ4v) is 14.2. The minimum absolute atomic E-state index is 0.0116. The molecule has 4 unspecified atom stereocenters. The van der Waals surface area contributed by atoms with Gasteiger partial charge >= 0.3 is 0 Å². The number of fused-ring (bicyclic) bond motifs is 9. The molecule has 1 saturated heterocycles. The van der Waals surface area contributed by atoms with E-state index in [0.29, 0.717) is 44.1 Å². The molecule has 3 aromatic heterocycles. The van der Waals surface area contributed by atoms with Crippen LogP contribution < -0.4 is 0 Å². The maximum atomic E-state index is 6.87. The van der Waals surface area contributed by atoms with Gasteiger partial charge in [-0.2, -0.15) is 0 Å². The Labute approximate surface area is 517 Å². The van der Waals surface area contributed by atoms with Gasteiger partial charge in [0.05, 0.1) is 73.9 Å². The van der Waals surface area contributed by atoms with Crippen molar-refractivity contribution < 1.29 is 18.9 Å². The molecule has 0 amide bonds. The largest absolute Gasteiger partial charge is 0.380 e. The standard InChI is InChI=1S/C80H93N3O4/c1-13-77(7,8)46-70(60-37-33-57(34-38-60)49-84-48-56(6)87-53-80(14-2)51-85-52-80)79(11,12)78(9,10)45-69(54(3)4)59-35-31-58(32-36-59)50-86-55(5)47-81-71-41-39-61(82-73-27-19-15-23-63(73)64-24-16-20-28-74(64)82)43-67(71)68-44-62(40-42-72(68)81)83-75-29-21-17-25-65(75)66-26-18-22-30-76(66)83/h15-44,54-56,69-70H,13-14,45-53H2,1-12H3. The van der Waals surface area contributed by atoms with Crippen LogP contribution in [0.1, 0.15) is 143 Å². The molecular formula is C80H93N3O4. The molecule has 452 valence electrons. The smallest absolute Gasteiger partial charge is 0.0780 e. The first-order valence-corrected chi connectivity index (χ1v) is 32.5. The topological polar surface area (TPSA) is 51.7 Å². The van der Waals surface area contributed by atoms with Crippen LogP contribution in [-0.2, 0) is 38.7 Å². The highest BCUT2D eigenvalue weighted by molar-refractivity contribution is 6.13. The van der Waals surface area contributed by atoms with E-state index in [9.17, 15) is 0 Å². The number of aromatic nitrogens is 3. The molecular weight excluding hydrogens is 1070 g/mol. The van der Waals surface area contributed by atoms with E-state index in [1.807, 2.05) is 0 Å². The van der Waals surface area contributed by atoms with Crippen molar-refractivity contribution in [2.75, 3.05) is 26.4 Å². The fraction of sp³-hybridized carbons (Fsp3) is 0.400. The van der Waals surface area contributed by atoms with Crippen molar-refractivity contribution in [3.8, 4) is 11.4 Å². The van der Waals surface area contributed by atoms with Crippen molar-refractivity contribution in [2.24, 2.45) is 27.6 Å². The van der Waals surface area contributed by atoms with E-state index in [4.69, 9.17) is 18.9 Å². The van der Waals surface area contributed by atoms with Crippen LogP contribution in [-0.4, -0.2) is 52.3 Å². The highest BCUT2D eigenvalue weighted by Gasteiger charge is 2.46. The van der Waals surface area contributed by atoms with Crippen LogP contribution in [0.25, 0.3) is 76.8 Å². The molecule has 1 fully saturated rings. The predicted molar refractivity (Wildman–Crippen MR) is 365 cm³/mol. The lowest BCUT2D eigenvalue weighted by Gasteiger charge is -2.51. The number of rotatable bonds is 25. The van der Waals surface area contributed by atoms with Gasteiger partial charge in [-0.3, -0.25) is 0 Å². The van der Waals surface area contributed by atoms with Crippen molar-refractivity contribution in [3.63, 3.8) is 0 Å². The second-order valence-electron chi connectivity index (χ2n) is 28.3. The van der Waals surface area contributed by atoms with Crippen molar-refractivity contribution in [1.82, 2.24) is 13.7 Å². The van der Waals surface area contributed by atoms with Gasteiger partial charge < -0.3 is 32.6 Å². The van der Waals surface area contributed by atoms with Gasteiger partial charge in [-0.15, -0.1) is 0 Å². The second-order valence-corrected chi connectivity index (χ2v) is 28.3. The highest BCUT2D eigenvalue weighted by Crippen LogP contribution is 2.57. The molecule has 7 nitrogen and oxygen atoms in total. The summed E-state index contributed by atoms with van der Waals surface area (Å²) in [7, 11) is 0. The van der Waals surface area contributed by atoms with E-state index in [0.717, 1.165) is 56.9 Å². The Kier molecular flexibility index (Phi) is 17.0. The number of para-hydroxylation sites is 4. The lowest BCUT2D eigenvalue weighted by atomic mass is 9.53. The molecule has 4 atom stereocenters. The third kappa shape index (κ3) is 11.8. The highest BCUT2D eigenvalue weighted by atomic mass is 16.5. The first kappa shape index (κ1) is 60.3. The molecule has 12 rings (SSSR count).